The van der Waals surface area contributed by atoms with Gasteiger partial charge in [-0.3, -0.25) is 28.7 Å². The molecule has 0 saturated heterocycles. The van der Waals surface area contributed by atoms with Crippen LogP contribution in [0.4, 0.5) is 27.2 Å². The minimum absolute atomic E-state index is 0.0574. The second-order valence-corrected chi connectivity index (χ2v) is 18.4. The Balaban J connectivity index is 0.000000231. The standard InChI is InChI=1S/C28H32N6O3.C24H30N6O3/c1-28(2,3)37-27(36)31-22(18-20-10-6-5-7-11-20)19-30-26-32-23(21-12-14-29-15-13-21)24(25(35)33(26)4)34-16-8-9-17-34;1-24(2,3)33-23(32)28-18(14-16-8-6-5-7-9-16)15-27-22-29-20(17-10-12-26-13-11-17)19(25)21(31)30(22)4/h5-17,22H,18-19H2,1-4H3,(H,30,32)(H,31,36);5-13,18H,14-15,25H2,1-4H3,(H,27,29)(H,28,32)/t22-;18-/m00/s1. The van der Waals surface area contributed by atoms with Crippen LogP contribution in [0, 0.1) is 0 Å². The van der Waals surface area contributed by atoms with E-state index in [9.17, 15) is 19.2 Å². The van der Waals surface area contributed by atoms with Gasteiger partial charge >= 0.3 is 12.2 Å². The van der Waals surface area contributed by atoms with Crippen LogP contribution in [0.5, 0.6) is 0 Å². The third-order valence-corrected chi connectivity index (χ3v) is 10.5. The second kappa shape index (κ2) is 23.1. The van der Waals surface area contributed by atoms with Gasteiger partial charge in [0.25, 0.3) is 11.1 Å². The van der Waals surface area contributed by atoms with Gasteiger partial charge in [-0.1, -0.05) is 60.7 Å². The summed E-state index contributed by atoms with van der Waals surface area (Å²) in [6.07, 6.45) is 10.3. The lowest BCUT2D eigenvalue weighted by atomic mass is 10.1. The third-order valence-electron chi connectivity index (χ3n) is 10.5. The van der Waals surface area contributed by atoms with E-state index < -0.39 is 23.4 Å². The van der Waals surface area contributed by atoms with Gasteiger partial charge in [-0.2, -0.15) is 0 Å². The number of nitrogens with one attached hydrogen (secondary N) is 4. The number of anilines is 3. The molecule has 0 bridgehead atoms. The number of hydrogen-bond acceptors (Lipinski definition) is 13. The van der Waals surface area contributed by atoms with Crippen LogP contribution in [0.1, 0.15) is 52.7 Å². The molecule has 2 atom stereocenters. The van der Waals surface area contributed by atoms with E-state index in [1.165, 1.54) is 9.13 Å². The molecule has 0 aliphatic rings. The highest BCUT2D eigenvalue weighted by atomic mass is 16.6. The topological polar surface area (TPSA) is 227 Å². The molecule has 2 aromatic carbocycles. The molecule has 0 aliphatic carbocycles. The molecule has 0 spiro atoms. The van der Waals surface area contributed by atoms with Gasteiger partial charge < -0.3 is 41.0 Å². The molecule has 7 aromatic rings. The van der Waals surface area contributed by atoms with Crippen LogP contribution >= 0.6 is 0 Å². The monoisotopic (exact) mass is 950 g/mol. The zero-order valence-electron chi connectivity index (χ0n) is 40.8. The lowest BCUT2D eigenvalue weighted by Gasteiger charge is -2.24. The van der Waals surface area contributed by atoms with Crippen molar-refractivity contribution in [2.24, 2.45) is 14.1 Å². The number of alkyl carbamates (subject to hydrolysis) is 2. The van der Waals surface area contributed by atoms with Crippen molar-refractivity contribution in [2.45, 2.75) is 77.7 Å². The van der Waals surface area contributed by atoms with Crippen LogP contribution in [0.15, 0.2) is 144 Å². The summed E-state index contributed by atoms with van der Waals surface area (Å²) < 4.78 is 15.5. The molecule has 0 saturated carbocycles. The van der Waals surface area contributed by atoms with Crippen LogP contribution < -0.4 is 38.1 Å². The molecule has 0 radical (unpaired) electrons. The average molecular weight is 951 g/mol. The van der Waals surface area contributed by atoms with Gasteiger partial charge in [0, 0.05) is 75.5 Å². The smallest absolute Gasteiger partial charge is 0.407 e. The minimum Gasteiger partial charge on any atom is -0.444 e. The normalized spacial score (nSPS) is 12.1. The lowest BCUT2D eigenvalue weighted by Crippen LogP contribution is -2.44. The Kier molecular flexibility index (Phi) is 16.9. The minimum atomic E-state index is -0.617. The van der Waals surface area contributed by atoms with E-state index in [1.807, 2.05) is 139 Å². The largest absolute Gasteiger partial charge is 0.444 e. The van der Waals surface area contributed by atoms with Crippen molar-refractivity contribution in [3.8, 4) is 28.2 Å². The molecule has 6 N–H and O–H groups in total. The number of carbonyl (C=O) groups excluding carboxylic acids is 2. The summed E-state index contributed by atoms with van der Waals surface area (Å²) in [6.45, 7) is 11.5. The summed E-state index contributed by atoms with van der Waals surface area (Å²) in [4.78, 5) is 68.7. The van der Waals surface area contributed by atoms with Gasteiger partial charge in [0.2, 0.25) is 11.9 Å². The first-order valence-corrected chi connectivity index (χ1v) is 22.8. The number of hydrogen-bond donors (Lipinski definition) is 5. The van der Waals surface area contributed by atoms with Crippen LogP contribution in [-0.2, 0) is 36.4 Å². The molecule has 18 nitrogen and oxygen atoms in total. The number of benzene rings is 2. The van der Waals surface area contributed by atoms with Crippen LogP contribution in [-0.4, -0.2) is 82.2 Å². The Morgan fingerprint density at radius 3 is 1.41 bits per heavy atom. The Labute approximate surface area is 407 Å². The molecule has 0 aliphatic heterocycles. The Hall–Kier alpha value is -8.28. The third kappa shape index (κ3) is 14.6. The maximum Gasteiger partial charge on any atom is 0.407 e. The summed E-state index contributed by atoms with van der Waals surface area (Å²) in [5.41, 5.74) is 9.23. The fourth-order valence-corrected chi connectivity index (χ4v) is 7.21. The molecule has 0 unspecified atom stereocenters. The summed E-state index contributed by atoms with van der Waals surface area (Å²) in [6, 6.07) is 29.9. The highest BCUT2D eigenvalue weighted by molar-refractivity contribution is 5.73. The summed E-state index contributed by atoms with van der Waals surface area (Å²) >= 11 is 0. The van der Waals surface area contributed by atoms with E-state index in [4.69, 9.17) is 20.2 Å². The predicted molar refractivity (Wildman–Crippen MR) is 273 cm³/mol. The van der Waals surface area contributed by atoms with E-state index in [2.05, 4.69) is 36.2 Å². The number of amides is 2. The summed E-state index contributed by atoms with van der Waals surface area (Å²) in [5, 5.41) is 12.3. The highest BCUT2D eigenvalue weighted by Crippen LogP contribution is 2.25. The SMILES string of the molecule is Cn1c(NC[C@H](Cc2ccccc2)NC(=O)OC(C)(C)C)nc(-c2ccncc2)c(-n2cccc2)c1=O.Cn1c(NC[C@H](Cc2ccccc2)NC(=O)OC(C)(C)C)nc(-c2ccncc2)c(N)c1=O. The van der Waals surface area contributed by atoms with E-state index in [0.717, 1.165) is 16.7 Å². The first-order valence-electron chi connectivity index (χ1n) is 22.8. The number of nitrogen functional groups attached to an aromatic ring is 1. The molecule has 366 valence electrons. The number of carbonyl (C=O) groups is 2. The molecule has 18 heteroatoms. The zero-order valence-corrected chi connectivity index (χ0v) is 40.8. The van der Waals surface area contributed by atoms with Crippen molar-refractivity contribution in [3.63, 3.8) is 0 Å². The number of nitrogens with zero attached hydrogens (tertiary/aromatic N) is 7. The van der Waals surface area contributed by atoms with Crippen LogP contribution in [0.3, 0.4) is 0 Å². The average Bonchev–Trinajstić information content (AvgIpc) is 3.86. The van der Waals surface area contributed by atoms with Gasteiger partial charge in [-0.25, -0.2) is 19.6 Å². The van der Waals surface area contributed by atoms with Crippen molar-refractivity contribution < 1.29 is 19.1 Å². The van der Waals surface area contributed by atoms with E-state index in [-0.39, 0.29) is 28.9 Å². The molecule has 70 heavy (non-hydrogen) atoms. The molecule has 5 aromatic heterocycles. The molecule has 7 rings (SSSR count). The summed E-state index contributed by atoms with van der Waals surface area (Å²) in [7, 11) is 3.27. The molecule has 0 fully saturated rings. The van der Waals surface area contributed by atoms with Crippen molar-refractivity contribution in [1.82, 2.24) is 44.3 Å². The molecule has 5 heterocycles. The first-order chi connectivity index (χ1) is 33.3. The predicted octanol–water partition coefficient (Wildman–Crippen LogP) is 7.15. The van der Waals surface area contributed by atoms with Crippen LogP contribution in [0.25, 0.3) is 28.2 Å². The van der Waals surface area contributed by atoms with Gasteiger partial charge in [0.1, 0.15) is 34.0 Å². The van der Waals surface area contributed by atoms with Crippen molar-refractivity contribution in [3.05, 3.63) is 166 Å². The van der Waals surface area contributed by atoms with E-state index >= 15 is 0 Å². The number of aromatic nitrogens is 7. The number of pyridine rings is 2. The quantitative estimate of drug-likeness (QED) is 0.0689. The number of ether oxygens (including phenoxy) is 2. The van der Waals surface area contributed by atoms with Crippen molar-refractivity contribution in [1.29, 1.82) is 0 Å². The zero-order chi connectivity index (χ0) is 50.4. The van der Waals surface area contributed by atoms with Crippen molar-refractivity contribution in [2.75, 3.05) is 29.5 Å². The molecular weight excluding hydrogens is 889 g/mol. The fraction of sp³-hybridized carbons (Fsp3) is 0.308. The Morgan fingerprint density at radius 2 is 0.986 bits per heavy atom. The maximum atomic E-state index is 13.5. The van der Waals surface area contributed by atoms with E-state index in [1.54, 1.807) is 55.6 Å². The second-order valence-electron chi connectivity index (χ2n) is 18.4. The van der Waals surface area contributed by atoms with Gasteiger partial charge in [-0.15, -0.1) is 0 Å². The first kappa shape index (κ1) is 51.1. The van der Waals surface area contributed by atoms with Gasteiger partial charge in [0.15, 0.2) is 0 Å². The van der Waals surface area contributed by atoms with Gasteiger partial charge in [0.05, 0.1) is 12.1 Å². The highest BCUT2D eigenvalue weighted by Gasteiger charge is 2.24. The number of nitrogens with two attached hydrogens (primary N) is 1. The van der Waals surface area contributed by atoms with E-state index in [0.29, 0.717) is 60.5 Å². The Morgan fingerprint density at radius 1 is 0.586 bits per heavy atom. The fourth-order valence-electron chi connectivity index (χ4n) is 7.21. The van der Waals surface area contributed by atoms with Gasteiger partial charge in [-0.05, 0) is 102 Å². The molecular formula is C52H62N12O6. The van der Waals surface area contributed by atoms with Crippen LogP contribution in [0.2, 0.25) is 0 Å². The molecule has 2 amide bonds. The lowest BCUT2D eigenvalue weighted by molar-refractivity contribution is 0.0495. The van der Waals surface area contributed by atoms with Crippen molar-refractivity contribution >= 4 is 29.8 Å². The summed E-state index contributed by atoms with van der Waals surface area (Å²) in [5.74, 6) is 0.724. The number of rotatable bonds is 15. The Bertz CT molecular complexity index is 2920. The maximum absolute atomic E-state index is 13.5.